The molecule has 0 radical (unpaired) electrons. The molecule has 0 saturated carbocycles. The van der Waals surface area contributed by atoms with E-state index in [0.29, 0.717) is 31.1 Å². The van der Waals surface area contributed by atoms with E-state index in [0.717, 1.165) is 25.9 Å². The minimum atomic E-state index is -0.0453. The zero-order valence-corrected chi connectivity index (χ0v) is 12.6. The summed E-state index contributed by atoms with van der Waals surface area (Å²) >= 11 is 0. The standard InChI is InChI=1S/C16H24N2O3/c1-2-20-15-6-4-3-5-14(15)18-16(19)9-12-21-13-7-10-17-11-8-13/h3-6,13,17H,2,7-12H2,1H3,(H,18,19). The maximum atomic E-state index is 12.0. The molecule has 1 aromatic carbocycles. The molecule has 1 heterocycles. The Morgan fingerprint density at radius 2 is 2.10 bits per heavy atom. The summed E-state index contributed by atoms with van der Waals surface area (Å²) in [7, 11) is 0. The number of hydrogen-bond acceptors (Lipinski definition) is 4. The number of carbonyl (C=O) groups excluding carboxylic acids is 1. The number of benzene rings is 1. The molecule has 0 unspecified atom stereocenters. The number of para-hydroxylation sites is 2. The molecule has 1 saturated heterocycles. The molecule has 2 rings (SSSR count). The molecule has 0 atom stereocenters. The highest BCUT2D eigenvalue weighted by Crippen LogP contribution is 2.23. The van der Waals surface area contributed by atoms with Crippen molar-refractivity contribution in [3.63, 3.8) is 0 Å². The third-order valence-electron chi connectivity index (χ3n) is 3.43. The normalized spacial score (nSPS) is 15.7. The fourth-order valence-electron chi connectivity index (χ4n) is 2.34. The van der Waals surface area contributed by atoms with E-state index in [4.69, 9.17) is 9.47 Å². The Bertz CT molecular complexity index is 445. The van der Waals surface area contributed by atoms with Crippen molar-refractivity contribution >= 4 is 11.6 Å². The molecule has 1 aliphatic heterocycles. The summed E-state index contributed by atoms with van der Waals surface area (Å²) < 4.78 is 11.2. The van der Waals surface area contributed by atoms with Gasteiger partial charge in [-0.1, -0.05) is 12.1 Å². The van der Waals surface area contributed by atoms with Gasteiger partial charge in [-0.3, -0.25) is 4.79 Å². The SMILES string of the molecule is CCOc1ccccc1NC(=O)CCOC1CCNCC1. The van der Waals surface area contributed by atoms with Gasteiger partial charge >= 0.3 is 0 Å². The molecule has 21 heavy (non-hydrogen) atoms. The third-order valence-corrected chi connectivity index (χ3v) is 3.43. The van der Waals surface area contributed by atoms with Crippen LogP contribution in [0.2, 0.25) is 0 Å². The van der Waals surface area contributed by atoms with E-state index < -0.39 is 0 Å². The quantitative estimate of drug-likeness (QED) is 0.808. The lowest BCUT2D eigenvalue weighted by atomic mass is 10.1. The van der Waals surface area contributed by atoms with Crippen molar-refractivity contribution in [2.75, 3.05) is 31.6 Å². The molecule has 5 heteroatoms. The highest BCUT2D eigenvalue weighted by atomic mass is 16.5. The van der Waals surface area contributed by atoms with Crippen LogP contribution >= 0.6 is 0 Å². The second-order valence-corrected chi connectivity index (χ2v) is 5.05. The number of rotatable bonds is 7. The van der Waals surface area contributed by atoms with Crippen LogP contribution in [0.1, 0.15) is 26.2 Å². The maximum Gasteiger partial charge on any atom is 0.226 e. The van der Waals surface area contributed by atoms with Gasteiger partial charge in [0.25, 0.3) is 0 Å². The van der Waals surface area contributed by atoms with Crippen LogP contribution in [0.3, 0.4) is 0 Å². The van der Waals surface area contributed by atoms with E-state index in [-0.39, 0.29) is 12.0 Å². The Morgan fingerprint density at radius 1 is 1.33 bits per heavy atom. The first-order valence-electron chi connectivity index (χ1n) is 7.63. The van der Waals surface area contributed by atoms with Crippen LogP contribution < -0.4 is 15.4 Å². The van der Waals surface area contributed by atoms with E-state index in [1.54, 1.807) is 0 Å². The lowest BCUT2D eigenvalue weighted by Gasteiger charge is -2.22. The van der Waals surface area contributed by atoms with Gasteiger partial charge in [-0.15, -0.1) is 0 Å². The first kappa shape index (κ1) is 15.8. The smallest absolute Gasteiger partial charge is 0.226 e. The van der Waals surface area contributed by atoms with Crippen LogP contribution in [0.4, 0.5) is 5.69 Å². The predicted molar refractivity (Wildman–Crippen MR) is 82.7 cm³/mol. The molecule has 0 bridgehead atoms. The second-order valence-electron chi connectivity index (χ2n) is 5.05. The van der Waals surface area contributed by atoms with Crippen LogP contribution in [0.5, 0.6) is 5.75 Å². The topological polar surface area (TPSA) is 59.6 Å². The Morgan fingerprint density at radius 3 is 2.86 bits per heavy atom. The average molecular weight is 292 g/mol. The van der Waals surface area contributed by atoms with Crippen molar-refractivity contribution in [2.24, 2.45) is 0 Å². The molecule has 1 amide bonds. The molecule has 0 aliphatic carbocycles. The first-order valence-corrected chi connectivity index (χ1v) is 7.63. The van der Waals surface area contributed by atoms with Crippen LogP contribution in [0.15, 0.2) is 24.3 Å². The molecule has 1 aromatic rings. The van der Waals surface area contributed by atoms with Crippen LogP contribution in [-0.4, -0.2) is 38.3 Å². The molecule has 0 spiro atoms. The number of hydrogen-bond donors (Lipinski definition) is 2. The van der Waals surface area contributed by atoms with Gasteiger partial charge in [-0.2, -0.15) is 0 Å². The van der Waals surface area contributed by atoms with Crippen LogP contribution in [0.25, 0.3) is 0 Å². The van der Waals surface area contributed by atoms with Gasteiger partial charge in [0.2, 0.25) is 5.91 Å². The highest BCUT2D eigenvalue weighted by Gasteiger charge is 2.14. The van der Waals surface area contributed by atoms with Gasteiger partial charge in [-0.25, -0.2) is 0 Å². The number of amides is 1. The summed E-state index contributed by atoms with van der Waals surface area (Å²) in [5.41, 5.74) is 0.714. The lowest BCUT2D eigenvalue weighted by Crippen LogP contribution is -2.33. The van der Waals surface area contributed by atoms with Gasteiger partial charge in [0.15, 0.2) is 0 Å². The molecular weight excluding hydrogens is 268 g/mol. The number of ether oxygens (including phenoxy) is 2. The Kier molecular flexibility index (Phi) is 6.50. The number of anilines is 1. The van der Waals surface area contributed by atoms with Gasteiger partial charge in [-0.05, 0) is 45.0 Å². The van der Waals surface area contributed by atoms with Crippen LogP contribution in [-0.2, 0) is 9.53 Å². The average Bonchev–Trinajstić information content (AvgIpc) is 2.50. The van der Waals surface area contributed by atoms with Crippen LogP contribution in [0, 0.1) is 0 Å². The van der Waals surface area contributed by atoms with E-state index in [1.807, 2.05) is 31.2 Å². The molecule has 1 aliphatic rings. The Hall–Kier alpha value is -1.59. The minimum Gasteiger partial charge on any atom is -0.492 e. The van der Waals surface area contributed by atoms with Crippen molar-refractivity contribution in [2.45, 2.75) is 32.3 Å². The molecule has 1 fully saturated rings. The number of carbonyl (C=O) groups is 1. The Labute approximate surface area is 126 Å². The summed E-state index contributed by atoms with van der Waals surface area (Å²) in [6.07, 6.45) is 2.70. The molecular formula is C16H24N2O3. The lowest BCUT2D eigenvalue weighted by molar-refractivity contribution is -0.117. The monoisotopic (exact) mass is 292 g/mol. The minimum absolute atomic E-state index is 0.0453. The predicted octanol–water partition coefficient (Wildman–Crippen LogP) is 2.18. The van der Waals surface area contributed by atoms with Gasteiger partial charge in [0.1, 0.15) is 5.75 Å². The maximum absolute atomic E-state index is 12.0. The number of nitrogens with one attached hydrogen (secondary N) is 2. The zero-order valence-electron chi connectivity index (χ0n) is 12.6. The number of piperidine rings is 1. The Balaban J connectivity index is 1.73. The molecule has 2 N–H and O–H groups in total. The van der Waals surface area contributed by atoms with E-state index >= 15 is 0 Å². The summed E-state index contributed by atoms with van der Waals surface area (Å²) in [6.45, 7) is 4.96. The molecule has 0 aromatic heterocycles. The third kappa shape index (κ3) is 5.36. The van der Waals surface area contributed by atoms with Crippen molar-refractivity contribution < 1.29 is 14.3 Å². The second kappa shape index (κ2) is 8.64. The van der Waals surface area contributed by atoms with E-state index in [1.165, 1.54) is 0 Å². The largest absolute Gasteiger partial charge is 0.492 e. The zero-order chi connectivity index (χ0) is 14.9. The summed E-state index contributed by atoms with van der Waals surface area (Å²) in [4.78, 5) is 12.0. The first-order chi connectivity index (χ1) is 10.3. The van der Waals surface area contributed by atoms with Gasteiger partial charge in [0, 0.05) is 0 Å². The van der Waals surface area contributed by atoms with Gasteiger partial charge < -0.3 is 20.1 Å². The van der Waals surface area contributed by atoms with E-state index in [9.17, 15) is 4.79 Å². The molecule has 116 valence electrons. The van der Waals surface area contributed by atoms with Crippen molar-refractivity contribution in [1.29, 1.82) is 0 Å². The van der Waals surface area contributed by atoms with E-state index in [2.05, 4.69) is 10.6 Å². The summed E-state index contributed by atoms with van der Waals surface area (Å²) in [6, 6.07) is 7.46. The molecule has 5 nitrogen and oxygen atoms in total. The summed E-state index contributed by atoms with van der Waals surface area (Å²) in [5.74, 6) is 0.656. The fourth-order valence-corrected chi connectivity index (χ4v) is 2.34. The van der Waals surface area contributed by atoms with Crippen molar-refractivity contribution in [3.05, 3.63) is 24.3 Å². The highest BCUT2D eigenvalue weighted by molar-refractivity contribution is 5.92. The van der Waals surface area contributed by atoms with Crippen molar-refractivity contribution in [1.82, 2.24) is 5.32 Å². The van der Waals surface area contributed by atoms with Crippen molar-refractivity contribution in [3.8, 4) is 5.75 Å². The fraction of sp³-hybridized carbons (Fsp3) is 0.562. The summed E-state index contributed by atoms with van der Waals surface area (Å²) in [5, 5.41) is 6.17. The van der Waals surface area contributed by atoms with Gasteiger partial charge in [0.05, 0.1) is 31.4 Å².